The Balaban J connectivity index is 1.48. The van der Waals surface area contributed by atoms with Gasteiger partial charge in [-0.3, -0.25) is 14.6 Å². The summed E-state index contributed by atoms with van der Waals surface area (Å²) in [7, 11) is 1.66. The first-order chi connectivity index (χ1) is 17.5. The molecule has 0 unspecified atom stereocenters. The third-order valence-electron chi connectivity index (χ3n) is 6.33. The Hall–Kier alpha value is -4.01. The van der Waals surface area contributed by atoms with E-state index in [1.165, 1.54) is 12.1 Å². The van der Waals surface area contributed by atoms with E-state index in [0.717, 1.165) is 29.8 Å². The van der Waals surface area contributed by atoms with E-state index in [9.17, 15) is 14.0 Å². The molecule has 0 spiro atoms. The van der Waals surface area contributed by atoms with Crippen LogP contribution in [0.2, 0.25) is 0 Å². The number of benzene rings is 1. The highest BCUT2D eigenvalue weighted by Crippen LogP contribution is 2.25. The van der Waals surface area contributed by atoms with Crippen molar-refractivity contribution in [2.75, 3.05) is 36.9 Å². The van der Waals surface area contributed by atoms with E-state index in [-0.39, 0.29) is 23.5 Å². The molecule has 0 radical (unpaired) electrons. The molecule has 8 nitrogen and oxygen atoms in total. The maximum atomic E-state index is 13.6. The van der Waals surface area contributed by atoms with Gasteiger partial charge in [0.15, 0.2) is 0 Å². The second-order valence-corrected chi connectivity index (χ2v) is 8.79. The summed E-state index contributed by atoms with van der Waals surface area (Å²) >= 11 is 0. The molecule has 2 aromatic heterocycles. The van der Waals surface area contributed by atoms with Crippen LogP contribution in [0.5, 0.6) is 0 Å². The lowest BCUT2D eigenvalue weighted by molar-refractivity contribution is -0.125. The molecule has 4 rings (SSSR count). The van der Waals surface area contributed by atoms with E-state index in [0.29, 0.717) is 44.0 Å². The topological polar surface area (TPSA) is 99.3 Å². The summed E-state index contributed by atoms with van der Waals surface area (Å²) in [5, 5.41) is 8.93. The summed E-state index contributed by atoms with van der Waals surface area (Å²) < 4.78 is 13.6. The maximum Gasteiger partial charge on any atom is 0.255 e. The van der Waals surface area contributed by atoms with Crippen LogP contribution in [0.3, 0.4) is 0 Å². The molecule has 2 amide bonds. The fourth-order valence-electron chi connectivity index (χ4n) is 4.32. The van der Waals surface area contributed by atoms with Gasteiger partial charge in [0.2, 0.25) is 5.91 Å². The van der Waals surface area contributed by atoms with Crippen LogP contribution < -0.4 is 20.9 Å². The van der Waals surface area contributed by atoms with Gasteiger partial charge in [-0.25, -0.2) is 9.37 Å². The van der Waals surface area contributed by atoms with E-state index in [1.54, 1.807) is 31.6 Å². The molecule has 9 heteroatoms. The molecule has 0 atom stereocenters. The van der Waals surface area contributed by atoms with Crippen LogP contribution in [0.4, 0.5) is 16.0 Å². The first-order valence-corrected chi connectivity index (χ1v) is 12.2. The molecule has 3 aromatic rings. The minimum atomic E-state index is -0.275. The summed E-state index contributed by atoms with van der Waals surface area (Å²) in [6.45, 7) is 2.26. The summed E-state index contributed by atoms with van der Waals surface area (Å²) in [4.78, 5) is 36.0. The van der Waals surface area contributed by atoms with Gasteiger partial charge in [-0.05, 0) is 60.7 Å². The van der Waals surface area contributed by atoms with Gasteiger partial charge in [0.1, 0.15) is 17.5 Å². The Bertz CT molecular complexity index is 1180. The van der Waals surface area contributed by atoms with Crippen molar-refractivity contribution in [2.24, 2.45) is 5.92 Å². The van der Waals surface area contributed by atoms with Gasteiger partial charge >= 0.3 is 0 Å². The second kappa shape index (κ2) is 12.1. The van der Waals surface area contributed by atoms with Crippen LogP contribution in [0.25, 0.3) is 0 Å². The van der Waals surface area contributed by atoms with Crippen molar-refractivity contribution in [3.8, 4) is 0 Å². The smallest absolute Gasteiger partial charge is 0.255 e. The zero-order valence-electron chi connectivity index (χ0n) is 20.3. The first-order valence-electron chi connectivity index (χ1n) is 12.2. The lowest BCUT2D eigenvalue weighted by Crippen LogP contribution is -2.40. The average molecular weight is 491 g/mol. The molecule has 1 aromatic carbocycles. The van der Waals surface area contributed by atoms with Gasteiger partial charge in [-0.1, -0.05) is 18.2 Å². The zero-order valence-corrected chi connectivity index (χ0v) is 20.3. The summed E-state index contributed by atoms with van der Waals surface area (Å²) in [6.07, 6.45) is 5.47. The second-order valence-electron chi connectivity index (χ2n) is 8.79. The normalized spacial score (nSPS) is 13.8. The van der Waals surface area contributed by atoms with Crippen LogP contribution in [0, 0.1) is 11.7 Å². The van der Waals surface area contributed by atoms with E-state index in [2.05, 4.69) is 25.8 Å². The molecule has 188 valence electrons. The monoisotopic (exact) mass is 490 g/mol. The van der Waals surface area contributed by atoms with Gasteiger partial charge < -0.3 is 20.9 Å². The van der Waals surface area contributed by atoms with E-state index in [4.69, 9.17) is 4.98 Å². The molecule has 0 saturated carbocycles. The number of piperidine rings is 1. The number of carbonyl (C=O) groups excluding carboxylic acids is 2. The maximum absolute atomic E-state index is 13.6. The van der Waals surface area contributed by atoms with Crippen molar-refractivity contribution in [2.45, 2.75) is 25.8 Å². The van der Waals surface area contributed by atoms with Crippen molar-refractivity contribution in [3.05, 3.63) is 83.4 Å². The third-order valence-corrected chi connectivity index (χ3v) is 6.33. The van der Waals surface area contributed by atoms with Crippen molar-refractivity contribution in [1.29, 1.82) is 0 Å². The molecule has 3 heterocycles. The molecule has 1 fully saturated rings. The molecular formula is C27H31FN6O2. The number of hydrogen-bond acceptors (Lipinski definition) is 6. The number of amides is 2. The Labute approximate surface area is 210 Å². The van der Waals surface area contributed by atoms with Crippen LogP contribution in [0.1, 0.15) is 34.3 Å². The van der Waals surface area contributed by atoms with Gasteiger partial charge in [-0.2, -0.15) is 0 Å². The number of nitrogens with one attached hydrogen (secondary N) is 3. The molecule has 36 heavy (non-hydrogen) atoms. The van der Waals surface area contributed by atoms with E-state index in [1.807, 2.05) is 24.3 Å². The van der Waals surface area contributed by atoms with Gasteiger partial charge in [-0.15, -0.1) is 0 Å². The number of halogens is 1. The van der Waals surface area contributed by atoms with Gasteiger partial charge in [0.25, 0.3) is 5.91 Å². The molecular weight excluding hydrogens is 459 g/mol. The van der Waals surface area contributed by atoms with Gasteiger partial charge in [0.05, 0.1) is 5.56 Å². The summed E-state index contributed by atoms with van der Waals surface area (Å²) in [6, 6.07) is 13.8. The lowest BCUT2D eigenvalue weighted by atomic mass is 9.96. The highest BCUT2D eigenvalue weighted by Gasteiger charge is 2.25. The molecule has 3 N–H and O–H groups in total. The van der Waals surface area contributed by atoms with Gasteiger partial charge in [0, 0.05) is 51.5 Å². The number of rotatable bonds is 9. The highest BCUT2D eigenvalue weighted by molar-refractivity contribution is 5.99. The number of aromatic nitrogens is 2. The molecule has 0 aliphatic carbocycles. The molecule has 1 aliphatic heterocycles. The van der Waals surface area contributed by atoms with Crippen LogP contribution >= 0.6 is 0 Å². The number of carbonyl (C=O) groups is 2. The van der Waals surface area contributed by atoms with Crippen LogP contribution in [-0.2, 0) is 17.8 Å². The zero-order chi connectivity index (χ0) is 25.3. The lowest BCUT2D eigenvalue weighted by Gasteiger charge is -2.32. The minimum Gasteiger partial charge on any atom is -0.369 e. The fraction of sp³-hybridized carbons (Fsp3) is 0.333. The Morgan fingerprint density at radius 1 is 1.08 bits per heavy atom. The van der Waals surface area contributed by atoms with E-state index >= 15 is 0 Å². The van der Waals surface area contributed by atoms with Crippen molar-refractivity contribution in [3.63, 3.8) is 0 Å². The molecule has 1 aliphatic rings. The summed E-state index contributed by atoms with van der Waals surface area (Å²) in [5.41, 5.74) is 2.19. The standard InChI is InChI=1S/C27H31FN6O2/c1-29-26(35)21-10-14-34(15-11-21)24-8-7-23(27(36)32-18-20-5-3-12-30-17-20)25(33-24)31-13-9-19-4-2-6-22(28)16-19/h2-8,12,16-17,21H,9-11,13-15,18H2,1H3,(H,29,35)(H,31,33)(H,32,36). The predicted octanol–water partition coefficient (Wildman–Crippen LogP) is 3.16. The van der Waals surface area contributed by atoms with Crippen LogP contribution in [0.15, 0.2) is 60.9 Å². The first kappa shape index (κ1) is 25.1. The molecule has 0 bridgehead atoms. The average Bonchev–Trinajstić information content (AvgIpc) is 2.92. The Morgan fingerprint density at radius 2 is 1.89 bits per heavy atom. The third kappa shape index (κ3) is 6.56. The number of hydrogen-bond donors (Lipinski definition) is 3. The minimum absolute atomic E-state index is 0.00707. The number of pyridine rings is 2. The molecule has 1 saturated heterocycles. The van der Waals surface area contributed by atoms with E-state index < -0.39 is 0 Å². The Kier molecular flexibility index (Phi) is 8.44. The number of anilines is 2. The summed E-state index contributed by atoms with van der Waals surface area (Å²) in [5.74, 6) is 0.784. The SMILES string of the molecule is CNC(=O)C1CCN(c2ccc(C(=O)NCc3cccnc3)c(NCCc3cccc(F)c3)n2)CC1. The van der Waals surface area contributed by atoms with Crippen molar-refractivity contribution in [1.82, 2.24) is 20.6 Å². The number of nitrogens with zero attached hydrogens (tertiary/aromatic N) is 3. The van der Waals surface area contributed by atoms with Crippen LogP contribution in [-0.4, -0.2) is 48.5 Å². The van der Waals surface area contributed by atoms with Crippen molar-refractivity contribution >= 4 is 23.5 Å². The predicted molar refractivity (Wildman–Crippen MR) is 137 cm³/mol. The fourth-order valence-corrected chi connectivity index (χ4v) is 4.32. The Morgan fingerprint density at radius 3 is 2.61 bits per heavy atom. The highest BCUT2D eigenvalue weighted by atomic mass is 19.1. The quantitative estimate of drug-likeness (QED) is 0.426. The largest absolute Gasteiger partial charge is 0.369 e. The van der Waals surface area contributed by atoms with Crippen molar-refractivity contribution < 1.29 is 14.0 Å².